The highest BCUT2D eigenvalue weighted by molar-refractivity contribution is 5.80. The number of ether oxygens (including phenoxy) is 2. The minimum absolute atomic E-state index is 0.217. The molecule has 1 aromatic heterocycles. The van der Waals surface area contributed by atoms with Gasteiger partial charge in [-0.25, -0.2) is 4.98 Å². The van der Waals surface area contributed by atoms with Crippen LogP contribution in [0.4, 0.5) is 0 Å². The van der Waals surface area contributed by atoms with Gasteiger partial charge in [0.1, 0.15) is 11.6 Å². The number of hydrogen-bond donors (Lipinski definition) is 0. The van der Waals surface area contributed by atoms with Crippen LogP contribution in [0.25, 0.3) is 22.6 Å². The summed E-state index contributed by atoms with van der Waals surface area (Å²) in [5.74, 6) is 2.12. The van der Waals surface area contributed by atoms with Gasteiger partial charge >= 0.3 is 0 Å². The molecule has 0 aliphatic carbocycles. The van der Waals surface area contributed by atoms with Gasteiger partial charge in [-0.1, -0.05) is 50.2 Å². The van der Waals surface area contributed by atoms with Gasteiger partial charge in [0.25, 0.3) is 0 Å². The molecule has 4 rings (SSSR count). The van der Waals surface area contributed by atoms with Crippen LogP contribution in [-0.4, -0.2) is 60.2 Å². The molecular formula is C29H37N3O3. The van der Waals surface area contributed by atoms with Crippen LogP contribution in [0.5, 0.6) is 5.75 Å². The summed E-state index contributed by atoms with van der Waals surface area (Å²) in [6.45, 7) is 11.3. The van der Waals surface area contributed by atoms with Crippen LogP contribution < -0.4 is 4.74 Å². The van der Waals surface area contributed by atoms with Gasteiger partial charge in [-0.3, -0.25) is 9.69 Å². The van der Waals surface area contributed by atoms with Crippen LogP contribution in [0.1, 0.15) is 31.5 Å². The lowest BCUT2D eigenvalue weighted by molar-refractivity contribution is -0.120. The van der Waals surface area contributed by atoms with Crippen LogP contribution in [0.3, 0.4) is 0 Å². The van der Waals surface area contributed by atoms with Gasteiger partial charge in [-0.2, -0.15) is 0 Å². The topological polar surface area (TPSA) is 56.6 Å². The first-order chi connectivity index (χ1) is 16.9. The molecule has 2 aromatic carbocycles. The molecule has 35 heavy (non-hydrogen) atoms. The van der Waals surface area contributed by atoms with Gasteiger partial charge in [-0.05, 0) is 37.0 Å². The van der Waals surface area contributed by atoms with E-state index in [1.54, 1.807) is 7.11 Å². The zero-order valence-corrected chi connectivity index (χ0v) is 21.4. The Morgan fingerprint density at radius 2 is 1.83 bits per heavy atom. The smallest absolute Gasteiger partial charge is 0.152 e. The van der Waals surface area contributed by atoms with Crippen LogP contribution in [0.15, 0.2) is 48.5 Å². The molecule has 0 atom stereocenters. The standard InChI is InChI=1S/C29H37N3O3/c1-21(2)18-26(33)20-32-22(3)28(30-29(32)25-6-5-7-27(19-25)34-4)24-10-8-23(9-11-24)12-13-31-14-16-35-17-15-31/h5-11,19,21H,12-18,20H2,1-4H3. The summed E-state index contributed by atoms with van der Waals surface area (Å²) in [6, 6.07) is 16.6. The number of carbonyl (C=O) groups is 1. The molecule has 0 amide bonds. The first kappa shape index (κ1) is 25.1. The Labute approximate surface area is 208 Å². The normalized spacial score (nSPS) is 14.4. The second-order valence-electron chi connectivity index (χ2n) is 9.73. The van der Waals surface area contributed by atoms with Crippen molar-refractivity contribution in [1.29, 1.82) is 0 Å². The fourth-order valence-electron chi connectivity index (χ4n) is 4.62. The highest BCUT2D eigenvalue weighted by Gasteiger charge is 2.20. The van der Waals surface area contributed by atoms with Crippen molar-refractivity contribution < 1.29 is 14.3 Å². The Morgan fingerprint density at radius 1 is 1.09 bits per heavy atom. The van der Waals surface area contributed by atoms with E-state index < -0.39 is 0 Å². The van der Waals surface area contributed by atoms with Crippen molar-refractivity contribution in [3.63, 3.8) is 0 Å². The van der Waals surface area contributed by atoms with E-state index in [2.05, 4.69) is 54.5 Å². The van der Waals surface area contributed by atoms with Crippen LogP contribution in [0, 0.1) is 12.8 Å². The Morgan fingerprint density at radius 3 is 2.51 bits per heavy atom. The first-order valence-corrected chi connectivity index (χ1v) is 12.6. The van der Waals surface area contributed by atoms with E-state index in [1.165, 1.54) is 5.56 Å². The number of benzene rings is 2. The summed E-state index contributed by atoms with van der Waals surface area (Å²) in [5.41, 5.74) is 5.24. The number of nitrogens with zero attached hydrogens (tertiary/aromatic N) is 3. The lowest BCUT2D eigenvalue weighted by Crippen LogP contribution is -2.37. The zero-order chi connectivity index (χ0) is 24.8. The summed E-state index contributed by atoms with van der Waals surface area (Å²) in [7, 11) is 1.66. The summed E-state index contributed by atoms with van der Waals surface area (Å²) >= 11 is 0. The molecule has 1 aliphatic heterocycles. The van der Waals surface area contributed by atoms with Gasteiger partial charge in [0, 0.05) is 42.9 Å². The Hall–Kier alpha value is -2.96. The number of rotatable bonds is 10. The Balaban J connectivity index is 1.60. The van der Waals surface area contributed by atoms with E-state index >= 15 is 0 Å². The average molecular weight is 476 g/mol. The molecule has 0 spiro atoms. The number of Topliss-reactive ketones (excluding diaryl/α,β-unsaturated/α-hetero) is 1. The average Bonchev–Trinajstić information content (AvgIpc) is 3.19. The number of carbonyl (C=O) groups excluding carboxylic acids is 1. The van der Waals surface area contributed by atoms with Crippen molar-refractivity contribution in [1.82, 2.24) is 14.5 Å². The van der Waals surface area contributed by atoms with Gasteiger partial charge in [0.15, 0.2) is 5.78 Å². The van der Waals surface area contributed by atoms with Crippen molar-refractivity contribution in [3.8, 4) is 28.4 Å². The molecule has 2 heterocycles. The maximum atomic E-state index is 12.8. The Bertz CT molecular complexity index is 1130. The molecule has 0 unspecified atom stereocenters. The van der Waals surface area contributed by atoms with E-state index in [4.69, 9.17) is 14.5 Å². The largest absolute Gasteiger partial charge is 0.497 e. The molecule has 0 bridgehead atoms. The summed E-state index contributed by atoms with van der Waals surface area (Å²) < 4.78 is 12.9. The van der Waals surface area contributed by atoms with Gasteiger partial charge in [-0.15, -0.1) is 0 Å². The number of imidazole rings is 1. The van der Waals surface area contributed by atoms with Crippen LogP contribution in [-0.2, 0) is 22.5 Å². The molecular weight excluding hydrogens is 438 g/mol. The van der Waals surface area contributed by atoms with E-state index in [0.29, 0.717) is 18.9 Å². The Kier molecular flexibility index (Phi) is 8.37. The number of morpholine rings is 1. The lowest BCUT2D eigenvalue weighted by Gasteiger charge is -2.26. The number of hydrogen-bond acceptors (Lipinski definition) is 5. The SMILES string of the molecule is COc1cccc(-c2nc(-c3ccc(CCN4CCOCC4)cc3)c(C)n2CC(=O)CC(C)C)c1. The van der Waals surface area contributed by atoms with E-state index in [0.717, 1.165) is 73.4 Å². The van der Waals surface area contributed by atoms with Gasteiger partial charge in [0.2, 0.25) is 0 Å². The van der Waals surface area contributed by atoms with Crippen molar-refractivity contribution in [2.24, 2.45) is 5.92 Å². The monoisotopic (exact) mass is 475 g/mol. The summed E-state index contributed by atoms with van der Waals surface area (Å²) in [6.07, 6.45) is 1.58. The summed E-state index contributed by atoms with van der Waals surface area (Å²) in [5, 5.41) is 0. The minimum Gasteiger partial charge on any atom is -0.497 e. The van der Waals surface area contributed by atoms with E-state index in [-0.39, 0.29) is 5.78 Å². The lowest BCUT2D eigenvalue weighted by atomic mass is 10.1. The van der Waals surface area contributed by atoms with E-state index in [1.807, 2.05) is 24.3 Å². The number of methoxy groups -OCH3 is 1. The van der Waals surface area contributed by atoms with E-state index in [9.17, 15) is 4.79 Å². The maximum Gasteiger partial charge on any atom is 0.152 e. The van der Waals surface area contributed by atoms with Crippen molar-refractivity contribution in [2.75, 3.05) is 40.0 Å². The fourth-order valence-corrected chi connectivity index (χ4v) is 4.62. The first-order valence-electron chi connectivity index (χ1n) is 12.6. The molecule has 1 aliphatic rings. The molecule has 0 N–H and O–H groups in total. The molecule has 1 saturated heterocycles. The minimum atomic E-state index is 0.217. The molecule has 186 valence electrons. The second kappa shape index (κ2) is 11.6. The second-order valence-corrected chi connectivity index (χ2v) is 9.73. The van der Waals surface area contributed by atoms with Crippen molar-refractivity contribution >= 4 is 5.78 Å². The highest BCUT2D eigenvalue weighted by atomic mass is 16.5. The maximum absolute atomic E-state index is 12.8. The molecule has 0 saturated carbocycles. The predicted octanol–water partition coefficient (Wildman–Crippen LogP) is 5.02. The van der Waals surface area contributed by atoms with Gasteiger partial charge in [0.05, 0.1) is 32.6 Å². The van der Waals surface area contributed by atoms with Crippen LogP contribution in [0.2, 0.25) is 0 Å². The molecule has 6 nitrogen and oxygen atoms in total. The summed E-state index contributed by atoms with van der Waals surface area (Å²) in [4.78, 5) is 20.3. The highest BCUT2D eigenvalue weighted by Crippen LogP contribution is 2.31. The third kappa shape index (κ3) is 6.38. The van der Waals surface area contributed by atoms with Crippen LogP contribution >= 0.6 is 0 Å². The quantitative estimate of drug-likeness (QED) is 0.412. The molecule has 3 aromatic rings. The fraction of sp³-hybridized carbons (Fsp3) is 0.448. The van der Waals surface area contributed by atoms with Gasteiger partial charge < -0.3 is 14.0 Å². The zero-order valence-electron chi connectivity index (χ0n) is 21.4. The third-order valence-corrected chi connectivity index (χ3v) is 6.57. The molecule has 0 radical (unpaired) electrons. The third-order valence-electron chi connectivity index (χ3n) is 6.57. The molecule has 1 fully saturated rings. The predicted molar refractivity (Wildman–Crippen MR) is 140 cm³/mol. The molecule has 6 heteroatoms. The number of aromatic nitrogens is 2. The van der Waals surface area contributed by atoms with Crippen molar-refractivity contribution in [3.05, 3.63) is 59.8 Å². The van der Waals surface area contributed by atoms with Crippen molar-refractivity contribution in [2.45, 2.75) is 40.2 Å². The number of ketones is 1.